The zero-order valence-corrected chi connectivity index (χ0v) is 12.5. The van der Waals surface area contributed by atoms with Gasteiger partial charge in [0.05, 0.1) is 13.2 Å². The van der Waals surface area contributed by atoms with Crippen LogP contribution in [0, 0.1) is 30.6 Å². The molecule has 15 heavy (non-hydrogen) atoms. The van der Waals surface area contributed by atoms with Crippen LogP contribution in [0.15, 0.2) is 0 Å². The second kappa shape index (κ2) is 7.19. The van der Waals surface area contributed by atoms with Crippen molar-refractivity contribution in [2.75, 3.05) is 27.4 Å². The molecule has 0 radical (unpaired) electrons. The van der Waals surface area contributed by atoms with Crippen molar-refractivity contribution in [1.82, 2.24) is 0 Å². The van der Waals surface area contributed by atoms with Gasteiger partial charge in [0, 0.05) is 19.6 Å². The van der Waals surface area contributed by atoms with E-state index in [1.165, 1.54) is 0 Å². The molecule has 86 valence electrons. The number of hydrogen-bond donors (Lipinski definition) is 0. The molecule has 2 nitrogen and oxygen atoms in total. The molecule has 1 aliphatic rings. The molecule has 0 aromatic heterocycles. The van der Waals surface area contributed by atoms with Crippen molar-refractivity contribution in [3.8, 4) is 0 Å². The van der Waals surface area contributed by atoms with Crippen molar-refractivity contribution in [2.45, 2.75) is 19.8 Å². The minimum atomic E-state index is 0. The van der Waals surface area contributed by atoms with Crippen LogP contribution >= 0.6 is 0 Å². The van der Waals surface area contributed by atoms with E-state index >= 15 is 0 Å². The first-order valence-corrected chi connectivity index (χ1v) is 5.28. The molecule has 1 rings (SSSR count). The zero-order chi connectivity index (χ0) is 10.6. The third-order valence-corrected chi connectivity index (χ3v) is 3.30. The van der Waals surface area contributed by atoms with Gasteiger partial charge in [0.2, 0.25) is 0 Å². The minimum absolute atomic E-state index is 0. The average Bonchev–Trinajstić information content (AvgIpc) is 2.44. The Morgan fingerprint density at radius 1 is 1.27 bits per heavy atom. The van der Waals surface area contributed by atoms with Gasteiger partial charge in [-0.15, -0.1) is 0 Å². The third-order valence-electron chi connectivity index (χ3n) is 3.30. The first-order chi connectivity index (χ1) is 6.67. The topological polar surface area (TPSA) is 18.5 Å². The summed E-state index contributed by atoms with van der Waals surface area (Å²) in [5.41, 5.74) is 0.201. The molecule has 0 aromatic carbocycles. The Hall–Kier alpha value is 0.803. The van der Waals surface area contributed by atoms with E-state index in [1.54, 1.807) is 14.2 Å². The summed E-state index contributed by atoms with van der Waals surface area (Å²) in [5, 5.41) is 0. The molecule has 0 spiro atoms. The molecular formula is C12H22O2Zr. The predicted molar refractivity (Wildman–Crippen MR) is 57.7 cm³/mol. The van der Waals surface area contributed by atoms with Crippen LogP contribution in [-0.4, -0.2) is 27.4 Å². The van der Waals surface area contributed by atoms with Gasteiger partial charge < -0.3 is 22.8 Å². The largest absolute Gasteiger partial charge is 2.00 e. The fourth-order valence-electron chi connectivity index (χ4n) is 2.74. The Kier molecular flexibility index (Phi) is 7.58. The van der Waals surface area contributed by atoms with Crippen LogP contribution in [0.5, 0.6) is 0 Å². The van der Waals surface area contributed by atoms with E-state index in [9.17, 15) is 0 Å². The van der Waals surface area contributed by atoms with E-state index in [-0.39, 0.29) is 31.6 Å². The first-order valence-electron chi connectivity index (χ1n) is 5.28. The summed E-state index contributed by atoms with van der Waals surface area (Å²) in [4.78, 5) is 0. The van der Waals surface area contributed by atoms with Crippen LogP contribution in [0.4, 0.5) is 0 Å². The molecule has 0 N–H and O–H groups in total. The quantitative estimate of drug-likeness (QED) is 0.723. The van der Waals surface area contributed by atoms with Gasteiger partial charge in [0.1, 0.15) is 0 Å². The Labute approximate surface area is 113 Å². The van der Waals surface area contributed by atoms with E-state index in [1.807, 2.05) is 0 Å². The van der Waals surface area contributed by atoms with Gasteiger partial charge >= 0.3 is 26.2 Å². The van der Waals surface area contributed by atoms with Crippen molar-refractivity contribution in [1.29, 1.82) is 0 Å². The minimum Gasteiger partial charge on any atom is -0.384 e. The van der Waals surface area contributed by atoms with Gasteiger partial charge in [-0.3, -0.25) is 0 Å². The summed E-state index contributed by atoms with van der Waals surface area (Å²) in [6.07, 6.45) is 4.54. The molecule has 2 atom stereocenters. The van der Waals surface area contributed by atoms with E-state index in [0.717, 1.165) is 26.1 Å². The Bertz CT molecular complexity index is 167. The second-order valence-electron chi connectivity index (χ2n) is 4.53. The van der Waals surface area contributed by atoms with Gasteiger partial charge in [-0.25, -0.2) is 0 Å². The van der Waals surface area contributed by atoms with E-state index in [2.05, 4.69) is 20.3 Å². The summed E-state index contributed by atoms with van der Waals surface area (Å²) in [5.74, 6) is 1.14. The van der Waals surface area contributed by atoms with E-state index in [4.69, 9.17) is 9.47 Å². The molecular weight excluding hydrogens is 267 g/mol. The molecule has 3 heteroatoms. The third kappa shape index (κ3) is 3.94. The molecule has 0 saturated heterocycles. The summed E-state index contributed by atoms with van der Waals surface area (Å²) < 4.78 is 10.6. The Balaban J connectivity index is 0.00000196. The zero-order valence-electron chi connectivity index (χ0n) is 10.1. The first kappa shape index (κ1) is 15.8. The van der Waals surface area contributed by atoms with Crippen LogP contribution in [0.1, 0.15) is 19.8 Å². The van der Waals surface area contributed by atoms with Crippen LogP contribution in [0.25, 0.3) is 0 Å². The smallest absolute Gasteiger partial charge is 0.384 e. The summed E-state index contributed by atoms with van der Waals surface area (Å²) >= 11 is 0. The predicted octanol–water partition coefficient (Wildman–Crippen LogP) is 2.35. The number of methoxy groups -OCH3 is 2. The van der Waals surface area contributed by atoms with Crippen molar-refractivity contribution in [3.63, 3.8) is 0 Å². The van der Waals surface area contributed by atoms with E-state index in [0.29, 0.717) is 11.8 Å². The Morgan fingerprint density at radius 2 is 1.80 bits per heavy atom. The number of rotatable bonds is 5. The maximum absolute atomic E-state index is 5.30. The molecule has 0 heterocycles. The second-order valence-corrected chi connectivity index (χ2v) is 4.53. The van der Waals surface area contributed by atoms with Crippen molar-refractivity contribution < 1.29 is 35.7 Å². The van der Waals surface area contributed by atoms with Gasteiger partial charge in [-0.2, -0.15) is 18.8 Å². The van der Waals surface area contributed by atoms with Gasteiger partial charge in [-0.1, -0.05) is 12.8 Å². The SMILES string of the molecule is [CH2-][C@@H]1CC(COC)(COC)C[C@H]1[CH-]C.[Zr+2]. The van der Waals surface area contributed by atoms with Crippen LogP contribution < -0.4 is 0 Å². The molecule has 0 amide bonds. The molecule has 1 saturated carbocycles. The molecule has 1 aliphatic carbocycles. The maximum atomic E-state index is 5.30. The van der Waals surface area contributed by atoms with Gasteiger partial charge in [-0.05, 0) is 0 Å². The molecule has 0 bridgehead atoms. The Morgan fingerprint density at radius 3 is 2.13 bits per heavy atom. The molecule has 0 aromatic rings. The normalized spacial score (nSPS) is 28.8. The van der Waals surface area contributed by atoms with E-state index < -0.39 is 0 Å². The van der Waals surface area contributed by atoms with Crippen molar-refractivity contribution in [3.05, 3.63) is 13.3 Å². The number of hydrogen-bond acceptors (Lipinski definition) is 2. The van der Waals surface area contributed by atoms with Gasteiger partial charge in [0.15, 0.2) is 0 Å². The fourth-order valence-corrected chi connectivity index (χ4v) is 2.74. The maximum Gasteiger partial charge on any atom is 2.00 e. The molecule has 0 unspecified atom stereocenters. The summed E-state index contributed by atoms with van der Waals surface area (Å²) in [7, 11) is 3.52. The van der Waals surface area contributed by atoms with Crippen molar-refractivity contribution >= 4 is 0 Å². The molecule has 1 fully saturated rings. The fraction of sp³-hybridized carbons (Fsp3) is 0.833. The summed E-state index contributed by atoms with van der Waals surface area (Å²) in [6.45, 7) is 7.91. The standard InChI is InChI=1S/C12H22O2.Zr/c1-5-11-7-12(8-13-3,9-14-4)6-10(11)2;/h5,10-11H,2,6-9H2,1,3-4H3;/q-2;+2/t10-,11-;/m1./s1. The average molecular weight is 290 g/mol. The summed E-state index contributed by atoms with van der Waals surface area (Å²) in [6, 6.07) is 0. The van der Waals surface area contributed by atoms with Crippen molar-refractivity contribution in [2.24, 2.45) is 17.3 Å². The van der Waals surface area contributed by atoms with Crippen LogP contribution in [0.2, 0.25) is 0 Å². The van der Waals surface area contributed by atoms with Crippen LogP contribution in [0.3, 0.4) is 0 Å². The van der Waals surface area contributed by atoms with Gasteiger partial charge in [0.25, 0.3) is 0 Å². The molecule has 0 aliphatic heterocycles. The number of ether oxygens (including phenoxy) is 2. The van der Waals surface area contributed by atoms with Crippen LogP contribution in [-0.2, 0) is 35.7 Å². The monoisotopic (exact) mass is 288 g/mol.